The predicted molar refractivity (Wildman–Crippen MR) is 134 cm³/mol. The Bertz CT molecular complexity index is 1020. The summed E-state index contributed by atoms with van der Waals surface area (Å²) in [5.41, 5.74) is 2.75. The van der Waals surface area contributed by atoms with Crippen LogP contribution in [0.5, 0.6) is 0 Å². The van der Waals surface area contributed by atoms with Gasteiger partial charge in [-0.1, -0.05) is 111 Å². The molecule has 0 saturated heterocycles. The van der Waals surface area contributed by atoms with Gasteiger partial charge in [0.2, 0.25) is 5.82 Å². The van der Waals surface area contributed by atoms with Gasteiger partial charge in [0, 0.05) is 10.3 Å². The van der Waals surface area contributed by atoms with Crippen LogP contribution in [0, 0.1) is 0 Å². The number of hydrogen-bond donors (Lipinski definition) is 0. The standard InChI is InChI=1S/C24H35Cl2N2O3P/c1-14(2)16-12-11-13-17(15(3)4)18(16)28-20(26)19(25)27-21(28)22(29)31-32(30,23(5,6)7)24(8,9)10/h11-15H,1-10H3. The highest BCUT2D eigenvalue weighted by atomic mass is 35.5. The highest BCUT2D eigenvalue weighted by Crippen LogP contribution is 2.67. The van der Waals surface area contributed by atoms with Gasteiger partial charge in [0.15, 0.2) is 10.3 Å². The molecule has 8 heteroatoms. The van der Waals surface area contributed by atoms with E-state index >= 15 is 0 Å². The Morgan fingerprint density at radius 2 is 1.41 bits per heavy atom. The molecule has 0 spiro atoms. The van der Waals surface area contributed by atoms with Gasteiger partial charge in [0.25, 0.3) is 7.37 Å². The third kappa shape index (κ3) is 4.81. The first-order valence-electron chi connectivity index (χ1n) is 10.8. The maximum absolute atomic E-state index is 14.0. The zero-order chi connectivity index (χ0) is 24.8. The van der Waals surface area contributed by atoms with Crippen LogP contribution in [0.1, 0.15) is 103 Å². The van der Waals surface area contributed by atoms with Crippen LogP contribution in [0.4, 0.5) is 0 Å². The fourth-order valence-corrected chi connectivity index (χ4v) is 7.17. The summed E-state index contributed by atoms with van der Waals surface area (Å²) in [6.07, 6.45) is 0. The number of para-hydroxylation sites is 1. The van der Waals surface area contributed by atoms with Gasteiger partial charge >= 0.3 is 5.97 Å². The van der Waals surface area contributed by atoms with Crippen LogP contribution < -0.4 is 0 Å². The van der Waals surface area contributed by atoms with Crippen LogP contribution in [-0.2, 0) is 9.09 Å². The highest BCUT2D eigenvalue weighted by molar-refractivity contribution is 7.62. The van der Waals surface area contributed by atoms with Gasteiger partial charge in [-0.2, -0.15) is 0 Å². The lowest BCUT2D eigenvalue weighted by atomic mass is 9.92. The van der Waals surface area contributed by atoms with E-state index in [1.54, 1.807) is 4.57 Å². The maximum atomic E-state index is 14.0. The molecule has 0 bridgehead atoms. The topological polar surface area (TPSA) is 61.2 Å². The van der Waals surface area contributed by atoms with Crippen molar-refractivity contribution >= 4 is 36.5 Å². The molecule has 0 aliphatic rings. The summed E-state index contributed by atoms with van der Waals surface area (Å²) in [6.45, 7) is 19.1. The van der Waals surface area contributed by atoms with E-state index in [0.717, 1.165) is 16.8 Å². The molecule has 1 aromatic carbocycles. The normalized spacial score (nSPS) is 13.2. The minimum absolute atomic E-state index is 0.00627. The Morgan fingerprint density at radius 1 is 0.969 bits per heavy atom. The fourth-order valence-electron chi connectivity index (χ4n) is 3.92. The molecular formula is C24H35Cl2N2O3P. The average Bonchev–Trinajstić information content (AvgIpc) is 2.93. The second-order valence-electron chi connectivity index (χ2n) is 10.7. The molecule has 0 unspecified atom stereocenters. The molecule has 0 fully saturated rings. The van der Waals surface area contributed by atoms with E-state index in [-0.39, 0.29) is 28.0 Å². The van der Waals surface area contributed by atoms with Crippen LogP contribution in [0.2, 0.25) is 10.3 Å². The van der Waals surface area contributed by atoms with Crippen molar-refractivity contribution in [2.45, 2.75) is 91.4 Å². The molecule has 1 heterocycles. The predicted octanol–water partition coefficient (Wildman–Crippen LogP) is 8.46. The van der Waals surface area contributed by atoms with Gasteiger partial charge in [0.1, 0.15) is 0 Å². The number of carbonyl (C=O) groups is 1. The molecule has 32 heavy (non-hydrogen) atoms. The Balaban J connectivity index is 2.80. The Morgan fingerprint density at radius 3 is 1.78 bits per heavy atom. The van der Waals surface area contributed by atoms with E-state index < -0.39 is 23.7 Å². The monoisotopic (exact) mass is 500 g/mol. The van der Waals surface area contributed by atoms with E-state index in [1.165, 1.54) is 0 Å². The largest absolute Gasteiger partial charge is 0.405 e. The molecule has 0 N–H and O–H groups in total. The van der Waals surface area contributed by atoms with Gasteiger partial charge in [0.05, 0.1) is 5.69 Å². The number of halogens is 2. The fraction of sp³-hybridized carbons (Fsp3) is 0.583. The van der Waals surface area contributed by atoms with Gasteiger partial charge in [-0.25, -0.2) is 9.78 Å². The zero-order valence-electron chi connectivity index (χ0n) is 20.7. The first kappa shape index (κ1) is 27.0. The van der Waals surface area contributed by atoms with E-state index in [2.05, 4.69) is 32.7 Å². The second-order valence-corrected chi connectivity index (χ2v) is 15.4. The average molecular weight is 501 g/mol. The number of hydrogen-bond acceptors (Lipinski definition) is 4. The minimum atomic E-state index is -3.48. The summed E-state index contributed by atoms with van der Waals surface area (Å²) in [6, 6.07) is 5.99. The minimum Gasteiger partial charge on any atom is -0.405 e. The highest BCUT2D eigenvalue weighted by Gasteiger charge is 2.50. The number of carbonyl (C=O) groups excluding carboxylic acids is 1. The summed E-state index contributed by atoms with van der Waals surface area (Å²) < 4.78 is 21.3. The molecular weight excluding hydrogens is 466 g/mol. The van der Waals surface area contributed by atoms with Gasteiger partial charge in [-0.15, -0.1) is 0 Å². The van der Waals surface area contributed by atoms with Crippen LogP contribution >= 0.6 is 30.6 Å². The van der Waals surface area contributed by atoms with Gasteiger partial charge < -0.3 is 4.52 Å². The Kier molecular flexibility index (Phi) is 7.72. The summed E-state index contributed by atoms with van der Waals surface area (Å²) >= 11 is 12.9. The lowest BCUT2D eigenvalue weighted by Gasteiger charge is -2.39. The van der Waals surface area contributed by atoms with Gasteiger partial charge in [-0.05, 0) is 23.0 Å². The van der Waals surface area contributed by atoms with E-state index in [1.807, 2.05) is 59.7 Å². The van der Waals surface area contributed by atoms with E-state index in [4.69, 9.17) is 27.7 Å². The SMILES string of the molecule is CC(C)c1cccc(C(C)C)c1-n1c(C(=O)OP(=O)(C(C)(C)C)C(C)(C)C)nc(Cl)c1Cl. The molecule has 0 atom stereocenters. The molecule has 0 amide bonds. The molecule has 2 aromatic rings. The van der Waals surface area contributed by atoms with Crippen molar-refractivity contribution in [2.75, 3.05) is 0 Å². The van der Waals surface area contributed by atoms with Crippen molar-refractivity contribution in [1.29, 1.82) is 0 Å². The Hall–Kier alpha value is -1.29. The third-order valence-electron chi connectivity index (χ3n) is 5.51. The van der Waals surface area contributed by atoms with Crippen molar-refractivity contribution < 1.29 is 13.9 Å². The number of aromatic nitrogens is 2. The molecule has 0 saturated carbocycles. The van der Waals surface area contributed by atoms with Crippen molar-refractivity contribution in [3.63, 3.8) is 0 Å². The summed E-state index contributed by atoms with van der Waals surface area (Å²) in [5, 5.41) is -1.40. The summed E-state index contributed by atoms with van der Waals surface area (Å²) in [7, 11) is -3.48. The van der Waals surface area contributed by atoms with Crippen molar-refractivity contribution in [1.82, 2.24) is 9.55 Å². The first-order chi connectivity index (χ1) is 14.4. The first-order valence-corrected chi connectivity index (χ1v) is 13.2. The van der Waals surface area contributed by atoms with E-state index in [9.17, 15) is 9.36 Å². The smallest absolute Gasteiger partial charge is 0.380 e. The number of rotatable bonds is 5. The number of nitrogens with zero attached hydrogens (tertiary/aromatic N) is 2. The van der Waals surface area contributed by atoms with Gasteiger partial charge in [-0.3, -0.25) is 9.13 Å². The molecule has 2 rings (SSSR count). The van der Waals surface area contributed by atoms with Crippen molar-refractivity contribution in [3.05, 3.63) is 45.5 Å². The lowest BCUT2D eigenvalue weighted by Crippen LogP contribution is -2.32. The van der Waals surface area contributed by atoms with Crippen LogP contribution in [0.3, 0.4) is 0 Å². The van der Waals surface area contributed by atoms with Crippen molar-refractivity contribution in [2.24, 2.45) is 0 Å². The molecule has 178 valence electrons. The molecule has 0 radical (unpaired) electrons. The molecule has 0 aliphatic carbocycles. The molecule has 0 aliphatic heterocycles. The lowest BCUT2D eigenvalue weighted by molar-refractivity contribution is 0.0712. The molecule has 5 nitrogen and oxygen atoms in total. The van der Waals surface area contributed by atoms with Crippen LogP contribution in [0.25, 0.3) is 5.69 Å². The maximum Gasteiger partial charge on any atom is 0.380 e. The second kappa shape index (κ2) is 9.16. The van der Waals surface area contributed by atoms with Crippen molar-refractivity contribution in [3.8, 4) is 5.69 Å². The van der Waals surface area contributed by atoms with E-state index in [0.29, 0.717) is 0 Å². The van der Waals surface area contributed by atoms with Crippen LogP contribution in [-0.4, -0.2) is 25.8 Å². The summed E-state index contributed by atoms with van der Waals surface area (Å²) in [5.74, 6) is -0.580. The summed E-state index contributed by atoms with van der Waals surface area (Å²) in [4.78, 5) is 17.7. The zero-order valence-corrected chi connectivity index (χ0v) is 23.1. The Labute approximate surface area is 202 Å². The number of benzene rings is 1. The molecule has 1 aromatic heterocycles. The number of imidazole rings is 1. The third-order valence-corrected chi connectivity index (χ3v) is 10.2. The van der Waals surface area contributed by atoms with Crippen LogP contribution in [0.15, 0.2) is 18.2 Å². The quantitative estimate of drug-likeness (QED) is 0.386.